The SMILES string of the molecule is C[C@H](Oc1cccc(OC2CCC2)c1S(=O)(=O)NC(=O)c1cc2ccc(N(C)C)cc2o1)C(F)(F)F. The van der Waals surface area contributed by atoms with E-state index >= 15 is 0 Å². The maximum Gasteiger partial charge on any atom is 0.425 e. The van der Waals surface area contributed by atoms with Crippen molar-refractivity contribution in [2.45, 2.75) is 49.5 Å². The van der Waals surface area contributed by atoms with Crippen LogP contribution in [0.4, 0.5) is 18.9 Å². The number of carbonyl (C=O) groups excluding carboxylic acids is 1. The zero-order chi connectivity index (χ0) is 26.3. The van der Waals surface area contributed by atoms with Crippen LogP contribution in [0.3, 0.4) is 0 Å². The van der Waals surface area contributed by atoms with Crippen LogP contribution in [0.2, 0.25) is 0 Å². The van der Waals surface area contributed by atoms with E-state index in [9.17, 15) is 26.4 Å². The van der Waals surface area contributed by atoms with Crippen LogP contribution in [0.1, 0.15) is 36.7 Å². The third-order valence-corrected chi connectivity index (χ3v) is 7.19. The highest BCUT2D eigenvalue weighted by Gasteiger charge is 2.40. The molecule has 1 heterocycles. The van der Waals surface area contributed by atoms with Gasteiger partial charge in [0.05, 0.1) is 6.10 Å². The van der Waals surface area contributed by atoms with E-state index in [0.717, 1.165) is 25.1 Å². The molecule has 1 aliphatic rings. The Morgan fingerprint density at radius 3 is 2.44 bits per heavy atom. The quantitative estimate of drug-likeness (QED) is 0.447. The molecule has 1 aromatic heterocycles. The molecule has 1 N–H and O–H groups in total. The van der Waals surface area contributed by atoms with Crippen molar-refractivity contribution in [1.29, 1.82) is 0 Å². The molecule has 0 unspecified atom stereocenters. The number of benzene rings is 2. The number of hydrogen-bond acceptors (Lipinski definition) is 7. The summed E-state index contributed by atoms with van der Waals surface area (Å²) in [6.07, 6.45) is -5.11. The molecule has 1 saturated carbocycles. The summed E-state index contributed by atoms with van der Waals surface area (Å²) in [5.41, 5.74) is 1.17. The molecular formula is C24H25F3N2O6S. The monoisotopic (exact) mass is 526 g/mol. The molecule has 1 amide bonds. The Labute approximate surface area is 206 Å². The maximum atomic E-state index is 13.3. The predicted octanol–water partition coefficient (Wildman–Crippen LogP) is 4.88. The van der Waals surface area contributed by atoms with Crippen molar-refractivity contribution >= 4 is 32.6 Å². The molecule has 1 atom stereocenters. The highest BCUT2D eigenvalue weighted by atomic mass is 32.2. The third-order valence-electron chi connectivity index (χ3n) is 5.79. The number of anilines is 1. The summed E-state index contributed by atoms with van der Waals surface area (Å²) in [5, 5.41) is 0.569. The first-order valence-corrected chi connectivity index (χ1v) is 12.6. The van der Waals surface area contributed by atoms with Crippen LogP contribution in [0.15, 0.2) is 51.8 Å². The van der Waals surface area contributed by atoms with E-state index in [1.807, 2.05) is 23.7 Å². The highest BCUT2D eigenvalue weighted by Crippen LogP contribution is 2.38. The fraction of sp³-hybridized carbons (Fsp3) is 0.375. The molecule has 1 fully saturated rings. The van der Waals surface area contributed by atoms with Gasteiger partial charge in [-0.1, -0.05) is 6.07 Å². The van der Waals surface area contributed by atoms with Crippen molar-refractivity contribution in [1.82, 2.24) is 4.72 Å². The average Bonchev–Trinajstić information content (AvgIpc) is 3.19. The summed E-state index contributed by atoms with van der Waals surface area (Å²) < 4.78 is 84.2. The van der Waals surface area contributed by atoms with E-state index in [-0.39, 0.29) is 17.6 Å². The fourth-order valence-electron chi connectivity index (χ4n) is 3.50. The number of hydrogen-bond donors (Lipinski definition) is 1. The van der Waals surface area contributed by atoms with Gasteiger partial charge in [-0.3, -0.25) is 4.79 Å². The summed E-state index contributed by atoms with van der Waals surface area (Å²) >= 11 is 0. The lowest BCUT2D eigenvalue weighted by Crippen LogP contribution is -2.34. The van der Waals surface area contributed by atoms with Gasteiger partial charge < -0.3 is 18.8 Å². The number of sulfonamides is 1. The minimum Gasteiger partial charge on any atom is -0.489 e. The van der Waals surface area contributed by atoms with E-state index in [1.54, 1.807) is 18.2 Å². The van der Waals surface area contributed by atoms with Gasteiger partial charge in [0.15, 0.2) is 16.8 Å². The number of alkyl halides is 3. The standard InChI is InChI=1S/C24H25F3N2O6S/c1-14(24(25,26)27)33-18-8-5-9-19(34-17-6-4-7-17)22(18)36(31,32)28-23(30)21-12-15-10-11-16(29(2)3)13-20(15)35-21/h5,8-14,17H,4,6-7H2,1-3H3,(H,28,30)/t14-/m0/s1. The Kier molecular flexibility index (Phi) is 6.82. The number of rotatable bonds is 8. The van der Waals surface area contributed by atoms with Gasteiger partial charge in [-0.25, -0.2) is 13.1 Å². The molecule has 36 heavy (non-hydrogen) atoms. The van der Waals surface area contributed by atoms with Gasteiger partial charge >= 0.3 is 12.1 Å². The predicted molar refractivity (Wildman–Crippen MR) is 126 cm³/mol. The van der Waals surface area contributed by atoms with Crippen molar-refractivity contribution < 1.29 is 40.3 Å². The van der Waals surface area contributed by atoms with Crippen LogP contribution >= 0.6 is 0 Å². The molecule has 0 bridgehead atoms. The number of nitrogens with one attached hydrogen (secondary N) is 1. The van der Waals surface area contributed by atoms with E-state index in [0.29, 0.717) is 23.8 Å². The highest BCUT2D eigenvalue weighted by molar-refractivity contribution is 7.90. The van der Waals surface area contributed by atoms with Crippen molar-refractivity contribution in [3.63, 3.8) is 0 Å². The van der Waals surface area contributed by atoms with Crippen molar-refractivity contribution in [2.75, 3.05) is 19.0 Å². The largest absolute Gasteiger partial charge is 0.489 e. The Hall–Kier alpha value is -3.41. The summed E-state index contributed by atoms with van der Waals surface area (Å²) in [7, 11) is -1.08. The summed E-state index contributed by atoms with van der Waals surface area (Å²) in [6.45, 7) is 0.755. The zero-order valence-electron chi connectivity index (χ0n) is 19.8. The Morgan fingerprint density at radius 1 is 1.14 bits per heavy atom. The first kappa shape index (κ1) is 25.7. The first-order valence-electron chi connectivity index (χ1n) is 11.2. The molecule has 0 aliphatic heterocycles. The fourth-order valence-corrected chi connectivity index (χ4v) is 4.71. The van der Waals surface area contributed by atoms with Crippen LogP contribution < -0.4 is 19.1 Å². The van der Waals surface area contributed by atoms with Crippen LogP contribution in [0.5, 0.6) is 11.5 Å². The molecular weight excluding hydrogens is 501 g/mol. The second-order valence-electron chi connectivity index (χ2n) is 8.72. The Balaban J connectivity index is 1.68. The summed E-state index contributed by atoms with van der Waals surface area (Å²) in [5.74, 6) is -2.16. The smallest absolute Gasteiger partial charge is 0.425 e. The van der Waals surface area contributed by atoms with E-state index < -0.39 is 38.9 Å². The summed E-state index contributed by atoms with van der Waals surface area (Å²) in [6, 6.07) is 10.3. The maximum absolute atomic E-state index is 13.3. The van der Waals surface area contributed by atoms with Crippen molar-refractivity contribution in [2.24, 2.45) is 0 Å². The molecule has 3 aromatic rings. The Morgan fingerprint density at radius 2 is 1.83 bits per heavy atom. The normalized spacial score (nSPS) is 15.3. The Bertz CT molecular complexity index is 1380. The second-order valence-corrected chi connectivity index (χ2v) is 10.3. The van der Waals surface area contributed by atoms with Crippen molar-refractivity contribution in [3.05, 3.63) is 48.2 Å². The number of carbonyl (C=O) groups is 1. The van der Waals surface area contributed by atoms with Gasteiger partial charge in [-0.05, 0) is 56.5 Å². The molecule has 8 nitrogen and oxygen atoms in total. The van der Waals surface area contributed by atoms with Gasteiger partial charge in [-0.15, -0.1) is 0 Å². The van der Waals surface area contributed by atoms with Gasteiger partial charge in [0.2, 0.25) is 0 Å². The van der Waals surface area contributed by atoms with Gasteiger partial charge in [0.1, 0.15) is 17.1 Å². The van der Waals surface area contributed by atoms with E-state index in [4.69, 9.17) is 13.9 Å². The van der Waals surface area contributed by atoms with Crippen LogP contribution in [0, 0.1) is 0 Å². The minimum atomic E-state index is -4.74. The molecule has 4 rings (SSSR count). The number of nitrogens with zero attached hydrogens (tertiary/aromatic N) is 1. The number of amides is 1. The number of ether oxygens (including phenoxy) is 2. The lowest BCUT2D eigenvalue weighted by atomic mass is 9.96. The van der Waals surface area contributed by atoms with E-state index in [1.165, 1.54) is 18.2 Å². The number of fused-ring (bicyclic) bond motifs is 1. The lowest BCUT2D eigenvalue weighted by Gasteiger charge is -2.28. The molecule has 194 valence electrons. The third kappa shape index (κ3) is 5.38. The first-order chi connectivity index (χ1) is 16.8. The number of furan rings is 1. The summed E-state index contributed by atoms with van der Waals surface area (Å²) in [4.78, 5) is 14.0. The zero-order valence-corrected chi connectivity index (χ0v) is 20.6. The van der Waals surface area contributed by atoms with Gasteiger partial charge in [0.25, 0.3) is 10.0 Å². The van der Waals surface area contributed by atoms with Gasteiger partial charge in [-0.2, -0.15) is 13.2 Å². The minimum absolute atomic E-state index is 0.202. The molecule has 0 saturated heterocycles. The van der Waals surface area contributed by atoms with Crippen LogP contribution in [-0.4, -0.2) is 46.8 Å². The lowest BCUT2D eigenvalue weighted by molar-refractivity contribution is -0.189. The second kappa shape index (κ2) is 9.57. The topological polar surface area (TPSA) is 98.1 Å². The van der Waals surface area contributed by atoms with E-state index in [2.05, 4.69) is 0 Å². The number of halogens is 3. The van der Waals surface area contributed by atoms with Crippen molar-refractivity contribution in [3.8, 4) is 11.5 Å². The molecule has 0 spiro atoms. The average molecular weight is 527 g/mol. The molecule has 2 aromatic carbocycles. The molecule has 0 radical (unpaired) electrons. The molecule has 12 heteroatoms. The molecule has 1 aliphatic carbocycles. The van der Waals surface area contributed by atoms with Crippen LogP contribution in [-0.2, 0) is 10.0 Å². The van der Waals surface area contributed by atoms with Gasteiger partial charge in [0, 0.05) is 31.2 Å². The van der Waals surface area contributed by atoms with Crippen LogP contribution in [0.25, 0.3) is 11.0 Å².